The molecule has 0 saturated heterocycles. The monoisotopic (exact) mass is 285 g/mol. The van der Waals surface area contributed by atoms with Crippen molar-refractivity contribution in [2.75, 3.05) is 0 Å². The number of aromatic nitrogens is 2. The molecule has 1 fully saturated rings. The topological polar surface area (TPSA) is 42.2 Å². The average molecular weight is 285 g/mol. The van der Waals surface area contributed by atoms with Gasteiger partial charge in [-0.3, -0.25) is 4.90 Å². The Hall–Kier alpha value is -1.68. The summed E-state index contributed by atoms with van der Waals surface area (Å²) in [6, 6.07) is 9.62. The van der Waals surface area contributed by atoms with Gasteiger partial charge in [-0.05, 0) is 29.9 Å². The zero-order valence-corrected chi connectivity index (χ0v) is 13.0. The molecule has 0 amide bonds. The highest BCUT2D eigenvalue weighted by molar-refractivity contribution is 5.24. The first kappa shape index (κ1) is 14.3. The van der Waals surface area contributed by atoms with Crippen molar-refractivity contribution in [3.05, 3.63) is 47.2 Å². The second-order valence-corrected chi connectivity index (χ2v) is 6.25. The van der Waals surface area contributed by atoms with Gasteiger partial charge in [0.15, 0.2) is 0 Å². The fraction of sp³-hybridized carbons (Fsp3) is 0.529. The highest BCUT2D eigenvalue weighted by Gasteiger charge is 2.30. The first-order valence-corrected chi connectivity index (χ1v) is 7.73. The molecule has 0 radical (unpaired) electrons. The quantitative estimate of drug-likeness (QED) is 0.812. The maximum atomic E-state index is 5.52. The van der Waals surface area contributed by atoms with Crippen molar-refractivity contribution in [1.82, 2.24) is 15.1 Å². The number of benzene rings is 1. The van der Waals surface area contributed by atoms with E-state index in [0.29, 0.717) is 17.9 Å². The van der Waals surface area contributed by atoms with Gasteiger partial charge in [0.2, 0.25) is 11.8 Å². The summed E-state index contributed by atoms with van der Waals surface area (Å²) >= 11 is 0. The Labute approximate surface area is 126 Å². The van der Waals surface area contributed by atoms with Crippen molar-refractivity contribution in [2.24, 2.45) is 0 Å². The predicted molar refractivity (Wildman–Crippen MR) is 81.8 cm³/mol. The first-order valence-electron chi connectivity index (χ1n) is 7.73. The minimum Gasteiger partial charge on any atom is -0.424 e. The van der Waals surface area contributed by atoms with Crippen molar-refractivity contribution in [3.63, 3.8) is 0 Å². The van der Waals surface area contributed by atoms with Gasteiger partial charge in [-0.25, -0.2) is 0 Å². The van der Waals surface area contributed by atoms with Crippen LogP contribution in [0.3, 0.4) is 0 Å². The van der Waals surface area contributed by atoms with Gasteiger partial charge in [0, 0.05) is 19.5 Å². The van der Waals surface area contributed by atoms with E-state index in [2.05, 4.69) is 53.2 Å². The molecule has 1 aliphatic carbocycles. The van der Waals surface area contributed by atoms with Crippen LogP contribution in [0.15, 0.2) is 28.7 Å². The largest absolute Gasteiger partial charge is 0.424 e. The molecule has 2 aromatic rings. The van der Waals surface area contributed by atoms with Crippen LogP contribution >= 0.6 is 0 Å². The molecule has 21 heavy (non-hydrogen) atoms. The van der Waals surface area contributed by atoms with E-state index in [1.54, 1.807) is 0 Å². The zero-order valence-electron chi connectivity index (χ0n) is 13.0. The van der Waals surface area contributed by atoms with Gasteiger partial charge < -0.3 is 4.42 Å². The molecule has 4 heteroatoms. The molecule has 0 atom stereocenters. The standard InChI is InChI=1S/C17H23N3O/c1-12(2)15-6-4-14(5-7-15)10-20(16-8-9-16)11-17-19-18-13(3)21-17/h4-7,12,16H,8-11H2,1-3H3. The third-order valence-electron chi connectivity index (χ3n) is 4.00. The van der Waals surface area contributed by atoms with E-state index in [9.17, 15) is 0 Å². The summed E-state index contributed by atoms with van der Waals surface area (Å²) in [4.78, 5) is 2.44. The molecule has 1 aromatic carbocycles. The van der Waals surface area contributed by atoms with Gasteiger partial charge >= 0.3 is 0 Å². The van der Waals surface area contributed by atoms with Gasteiger partial charge in [-0.1, -0.05) is 38.1 Å². The van der Waals surface area contributed by atoms with Crippen LogP contribution in [-0.4, -0.2) is 21.1 Å². The Morgan fingerprint density at radius 1 is 1.14 bits per heavy atom. The SMILES string of the molecule is Cc1nnc(CN(Cc2ccc(C(C)C)cc2)C2CC2)o1. The normalized spacial score (nSPS) is 15.1. The van der Waals surface area contributed by atoms with E-state index >= 15 is 0 Å². The van der Waals surface area contributed by atoms with E-state index < -0.39 is 0 Å². The van der Waals surface area contributed by atoms with Crippen LogP contribution in [0.4, 0.5) is 0 Å². The Morgan fingerprint density at radius 2 is 1.86 bits per heavy atom. The van der Waals surface area contributed by atoms with Gasteiger partial charge in [0.05, 0.1) is 6.54 Å². The van der Waals surface area contributed by atoms with E-state index in [4.69, 9.17) is 4.42 Å². The minimum atomic E-state index is 0.583. The maximum Gasteiger partial charge on any atom is 0.230 e. The number of hydrogen-bond donors (Lipinski definition) is 0. The maximum absolute atomic E-state index is 5.52. The fourth-order valence-electron chi connectivity index (χ4n) is 2.57. The molecule has 1 aromatic heterocycles. The molecule has 1 heterocycles. The lowest BCUT2D eigenvalue weighted by Crippen LogP contribution is -2.25. The van der Waals surface area contributed by atoms with E-state index in [0.717, 1.165) is 19.0 Å². The number of rotatable bonds is 6. The van der Waals surface area contributed by atoms with Crippen LogP contribution < -0.4 is 0 Å². The van der Waals surface area contributed by atoms with Crippen LogP contribution in [0.5, 0.6) is 0 Å². The molecule has 0 unspecified atom stereocenters. The van der Waals surface area contributed by atoms with Crippen molar-refractivity contribution >= 4 is 0 Å². The molecule has 1 saturated carbocycles. The minimum absolute atomic E-state index is 0.583. The van der Waals surface area contributed by atoms with Crippen molar-refractivity contribution in [2.45, 2.75) is 58.7 Å². The summed E-state index contributed by atoms with van der Waals surface area (Å²) in [5.41, 5.74) is 2.74. The van der Waals surface area contributed by atoms with Crippen LogP contribution in [-0.2, 0) is 13.1 Å². The third-order valence-corrected chi connectivity index (χ3v) is 4.00. The van der Waals surface area contributed by atoms with Crippen molar-refractivity contribution in [3.8, 4) is 0 Å². The number of aryl methyl sites for hydroxylation is 1. The van der Waals surface area contributed by atoms with Gasteiger partial charge in [-0.2, -0.15) is 0 Å². The predicted octanol–water partition coefficient (Wildman–Crippen LogP) is 3.67. The van der Waals surface area contributed by atoms with E-state index in [1.807, 2.05) is 6.92 Å². The first-order chi connectivity index (χ1) is 10.1. The molecule has 0 aliphatic heterocycles. The Kier molecular flexibility index (Phi) is 4.06. The summed E-state index contributed by atoms with van der Waals surface area (Å²) in [6.45, 7) is 7.98. The van der Waals surface area contributed by atoms with Gasteiger partial charge in [-0.15, -0.1) is 10.2 Å². The molecular formula is C17H23N3O. The lowest BCUT2D eigenvalue weighted by molar-refractivity contribution is 0.219. The molecular weight excluding hydrogens is 262 g/mol. The van der Waals surface area contributed by atoms with E-state index in [1.165, 1.54) is 24.0 Å². The molecule has 1 aliphatic rings. The second-order valence-electron chi connectivity index (χ2n) is 6.25. The van der Waals surface area contributed by atoms with Crippen molar-refractivity contribution < 1.29 is 4.42 Å². The molecule has 3 rings (SSSR count). The molecule has 0 bridgehead atoms. The summed E-state index contributed by atoms with van der Waals surface area (Å²) in [7, 11) is 0. The summed E-state index contributed by atoms with van der Waals surface area (Å²) in [5, 5.41) is 8.03. The van der Waals surface area contributed by atoms with Crippen molar-refractivity contribution in [1.29, 1.82) is 0 Å². The smallest absolute Gasteiger partial charge is 0.230 e. The highest BCUT2D eigenvalue weighted by Crippen LogP contribution is 2.30. The molecule has 0 spiro atoms. The van der Waals surface area contributed by atoms with Crippen LogP contribution in [0.1, 0.15) is 55.5 Å². The molecule has 0 N–H and O–H groups in total. The zero-order chi connectivity index (χ0) is 14.8. The Morgan fingerprint density at radius 3 is 2.38 bits per heavy atom. The summed E-state index contributed by atoms with van der Waals surface area (Å²) < 4.78 is 5.52. The number of hydrogen-bond acceptors (Lipinski definition) is 4. The van der Waals surface area contributed by atoms with Crippen LogP contribution in [0, 0.1) is 6.92 Å². The second kappa shape index (κ2) is 5.98. The van der Waals surface area contributed by atoms with Crippen LogP contribution in [0.2, 0.25) is 0 Å². The number of nitrogens with zero attached hydrogens (tertiary/aromatic N) is 3. The molecule has 4 nitrogen and oxygen atoms in total. The third kappa shape index (κ3) is 3.70. The Bertz CT molecular complexity index is 584. The summed E-state index contributed by atoms with van der Waals surface area (Å²) in [5.74, 6) is 1.94. The van der Waals surface area contributed by atoms with Gasteiger partial charge in [0.25, 0.3) is 0 Å². The lowest BCUT2D eigenvalue weighted by atomic mass is 10.0. The van der Waals surface area contributed by atoms with E-state index in [-0.39, 0.29) is 0 Å². The lowest BCUT2D eigenvalue weighted by Gasteiger charge is -2.20. The van der Waals surface area contributed by atoms with Gasteiger partial charge in [0.1, 0.15) is 0 Å². The highest BCUT2D eigenvalue weighted by atomic mass is 16.4. The Balaban J connectivity index is 1.67. The summed E-state index contributed by atoms with van der Waals surface area (Å²) in [6.07, 6.45) is 2.55. The average Bonchev–Trinajstić information content (AvgIpc) is 3.23. The fourth-order valence-corrected chi connectivity index (χ4v) is 2.57. The van der Waals surface area contributed by atoms with Crippen LogP contribution in [0.25, 0.3) is 0 Å². The molecule has 112 valence electrons.